The van der Waals surface area contributed by atoms with Crippen LogP contribution in [0.5, 0.6) is 0 Å². The summed E-state index contributed by atoms with van der Waals surface area (Å²) < 4.78 is 0. The fourth-order valence-electron chi connectivity index (χ4n) is 2.48. The van der Waals surface area contributed by atoms with Crippen molar-refractivity contribution in [3.05, 3.63) is 72.1 Å². The van der Waals surface area contributed by atoms with Crippen LogP contribution < -0.4 is 5.73 Å². The Morgan fingerprint density at radius 3 is 2.50 bits per heavy atom. The van der Waals surface area contributed by atoms with E-state index >= 15 is 0 Å². The van der Waals surface area contributed by atoms with Crippen molar-refractivity contribution < 1.29 is 10.0 Å². The first kappa shape index (κ1) is 17.7. The average molecular weight is 325 g/mol. The number of nitrogens with two attached hydrogens (primary N) is 1. The van der Waals surface area contributed by atoms with E-state index < -0.39 is 6.03 Å². The van der Waals surface area contributed by atoms with E-state index in [1.165, 1.54) is 11.1 Å². The fraction of sp³-hybridized carbons (Fsp3) is 0.263. The van der Waals surface area contributed by atoms with Gasteiger partial charge in [-0.3, -0.25) is 10.2 Å². The van der Waals surface area contributed by atoms with Gasteiger partial charge >= 0.3 is 6.03 Å². The van der Waals surface area contributed by atoms with Gasteiger partial charge in [0.2, 0.25) is 0 Å². The Morgan fingerprint density at radius 2 is 1.83 bits per heavy atom. The molecular formula is C19H23N3O2. The van der Waals surface area contributed by atoms with E-state index in [-0.39, 0.29) is 6.54 Å². The van der Waals surface area contributed by atoms with Crippen LogP contribution in [0.25, 0.3) is 5.57 Å². The first-order valence-electron chi connectivity index (χ1n) is 8.10. The van der Waals surface area contributed by atoms with Gasteiger partial charge in [-0.05, 0) is 36.5 Å². The average Bonchev–Trinajstić information content (AvgIpc) is 2.62. The number of pyridine rings is 1. The molecule has 0 aliphatic rings. The summed E-state index contributed by atoms with van der Waals surface area (Å²) in [5.41, 5.74) is 8.40. The number of urea groups is 1. The maximum atomic E-state index is 10.7. The number of benzene rings is 1. The van der Waals surface area contributed by atoms with Crippen molar-refractivity contribution in [2.75, 3.05) is 6.54 Å². The number of allylic oxidation sites excluding steroid dienone is 1. The summed E-state index contributed by atoms with van der Waals surface area (Å²) in [6.45, 7) is 0.271. The van der Waals surface area contributed by atoms with Crippen LogP contribution in [0.2, 0.25) is 0 Å². The minimum absolute atomic E-state index is 0.271. The van der Waals surface area contributed by atoms with Gasteiger partial charge in [-0.15, -0.1) is 0 Å². The molecule has 2 amide bonds. The van der Waals surface area contributed by atoms with E-state index in [0.29, 0.717) is 5.06 Å². The monoisotopic (exact) mass is 325 g/mol. The lowest BCUT2D eigenvalue weighted by Gasteiger charge is -2.11. The number of unbranched alkanes of at least 4 members (excludes halogenated alkanes) is 3. The smallest absolute Gasteiger partial charge is 0.338 e. The lowest BCUT2D eigenvalue weighted by atomic mass is 9.97. The second-order valence-corrected chi connectivity index (χ2v) is 5.54. The molecule has 1 heterocycles. The van der Waals surface area contributed by atoms with Crippen LogP contribution in [-0.4, -0.2) is 27.8 Å². The third-order valence-corrected chi connectivity index (χ3v) is 3.73. The molecule has 24 heavy (non-hydrogen) atoms. The Morgan fingerprint density at radius 1 is 1.08 bits per heavy atom. The zero-order valence-electron chi connectivity index (χ0n) is 13.6. The SMILES string of the molecule is NC(=O)N(O)CCCCC/C=C(/c1ccccc1)c1cccnc1. The van der Waals surface area contributed by atoms with Gasteiger partial charge in [0, 0.05) is 18.0 Å². The number of primary amides is 1. The van der Waals surface area contributed by atoms with Crippen molar-refractivity contribution in [2.45, 2.75) is 25.7 Å². The van der Waals surface area contributed by atoms with Crippen LogP contribution in [0.1, 0.15) is 36.8 Å². The van der Waals surface area contributed by atoms with Crippen molar-refractivity contribution in [1.29, 1.82) is 0 Å². The zero-order valence-corrected chi connectivity index (χ0v) is 13.6. The van der Waals surface area contributed by atoms with E-state index in [9.17, 15) is 10.0 Å². The van der Waals surface area contributed by atoms with Crippen LogP contribution >= 0.6 is 0 Å². The Labute approximate surface area is 142 Å². The summed E-state index contributed by atoms with van der Waals surface area (Å²) >= 11 is 0. The van der Waals surface area contributed by atoms with Gasteiger partial charge in [0.15, 0.2) is 0 Å². The third kappa shape index (κ3) is 5.52. The number of amides is 2. The standard InChI is InChI=1S/C19H23N3O2/c20-19(23)22(24)14-7-2-1-6-12-18(16-9-4-3-5-10-16)17-11-8-13-21-15-17/h3-5,8-13,15,24H,1-2,6-7,14H2,(H2,20,23)/b18-12-. The summed E-state index contributed by atoms with van der Waals surface area (Å²) in [4.78, 5) is 14.9. The summed E-state index contributed by atoms with van der Waals surface area (Å²) in [7, 11) is 0. The molecule has 2 rings (SSSR count). The zero-order chi connectivity index (χ0) is 17.2. The maximum Gasteiger partial charge on any atom is 0.338 e. The van der Waals surface area contributed by atoms with Gasteiger partial charge in [-0.1, -0.05) is 48.9 Å². The molecule has 1 aromatic carbocycles. The number of carbonyl (C=O) groups is 1. The summed E-state index contributed by atoms with van der Waals surface area (Å²) in [6.07, 6.45) is 9.39. The molecule has 0 saturated heterocycles. The highest BCUT2D eigenvalue weighted by Crippen LogP contribution is 2.23. The van der Waals surface area contributed by atoms with Gasteiger partial charge in [0.25, 0.3) is 0 Å². The van der Waals surface area contributed by atoms with Gasteiger partial charge in [0.05, 0.1) is 6.54 Å². The molecule has 0 bridgehead atoms. The van der Waals surface area contributed by atoms with Gasteiger partial charge in [-0.2, -0.15) is 0 Å². The number of aromatic nitrogens is 1. The second kappa shape index (κ2) is 9.47. The first-order chi connectivity index (χ1) is 11.7. The van der Waals surface area contributed by atoms with E-state index in [0.717, 1.165) is 31.2 Å². The van der Waals surface area contributed by atoms with Gasteiger partial charge < -0.3 is 5.73 Å². The normalized spacial score (nSPS) is 11.3. The van der Waals surface area contributed by atoms with Gasteiger partial charge in [-0.25, -0.2) is 9.86 Å². The van der Waals surface area contributed by atoms with Gasteiger partial charge in [0.1, 0.15) is 0 Å². The summed E-state index contributed by atoms with van der Waals surface area (Å²) in [5.74, 6) is 0. The number of nitrogens with zero attached hydrogens (tertiary/aromatic N) is 2. The molecule has 0 spiro atoms. The molecule has 0 saturated carbocycles. The maximum absolute atomic E-state index is 10.7. The lowest BCUT2D eigenvalue weighted by molar-refractivity contribution is -0.0402. The first-order valence-corrected chi connectivity index (χ1v) is 8.10. The molecule has 5 nitrogen and oxygen atoms in total. The Bertz CT molecular complexity index is 615. The predicted molar refractivity (Wildman–Crippen MR) is 94.3 cm³/mol. The predicted octanol–water partition coefficient (Wildman–Crippen LogP) is 3.84. The highest BCUT2D eigenvalue weighted by atomic mass is 16.5. The van der Waals surface area contributed by atoms with E-state index in [1.54, 1.807) is 6.20 Å². The quantitative estimate of drug-likeness (QED) is 0.439. The minimum Gasteiger partial charge on any atom is -0.350 e. The molecule has 1 aromatic heterocycles. The molecule has 0 radical (unpaired) electrons. The number of hydroxylamine groups is 2. The minimum atomic E-state index is -0.808. The van der Waals surface area contributed by atoms with E-state index in [4.69, 9.17) is 5.73 Å². The van der Waals surface area contributed by atoms with Crippen molar-refractivity contribution in [3.63, 3.8) is 0 Å². The number of rotatable bonds is 8. The highest BCUT2D eigenvalue weighted by molar-refractivity contribution is 5.79. The van der Waals surface area contributed by atoms with E-state index in [2.05, 4.69) is 29.3 Å². The topological polar surface area (TPSA) is 79.5 Å². The molecular weight excluding hydrogens is 302 g/mol. The molecule has 2 aromatic rings. The summed E-state index contributed by atoms with van der Waals surface area (Å²) in [6, 6.07) is 13.4. The van der Waals surface area contributed by atoms with Crippen LogP contribution in [0.3, 0.4) is 0 Å². The molecule has 3 N–H and O–H groups in total. The van der Waals surface area contributed by atoms with Crippen LogP contribution in [-0.2, 0) is 0 Å². The van der Waals surface area contributed by atoms with Crippen LogP contribution in [0.4, 0.5) is 4.79 Å². The Kier molecular flexibility index (Phi) is 6.98. The molecule has 126 valence electrons. The molecule has 0 aliphatic carbocycles. The largest absolute Gasteiger partial charge is 0.350 e. The van der Waals surface area contributed by atoms with Crippen molar-refractivity contribution >= 4 is 11.6 Å². The molecule has 0 aliphatic heterocycles. The lowest BCUT2D eigenvalue weighted by Crippen LogP contribution is -2.33. The molecule has 5 heteroatoms. The fourth-order valence-corrected chi connectivity index (χ4v) is 2.48. The molecule has 0 fully saturated rings. The van der Waals surface area contributed by atoms with Crippen LogP contribution in [0, 0.1) is 0 Å². The Hall–Kier alpha value is -2.66. The van der Waals surface area contributed by atoms with Crippen molar-refractivity contribution in [3.8, 4) is 0 Å². The number of carbonyl (C=O) groups excluding carboxylic acids is 1. The van der Waals surface area contributed by atoms with E-state index in [1.807, 2.05) is 30.5 Å². The molecule has 0 atom stereocenters. The van der Waals surface area contributed by atoms with Crippen molar-refractivity contribution in [2.24, 2.45) is 5.73 Å². The number of hydrogen-bond acceptors (Lipinski definition) is 3. The van der Waals surface area contributed by atoms with Crippen LogP contribution in [0.15, 0.2) is 60.9 Å². The molecule has 0 unspecified atom stereocenters. The second-order valence-electron chi connectivity index (χ2n) is 5.54. The highest BCUT2D eigenvalue weighted by Gasteiger charge is 2.05. The van der Waals surface area contributed by atoms with Crippen molar-refractivity contribution in [1.82, 2.24) is 10.0 Å². The Balaban J connectivity index is 1.94. The number of hydrogen-bond donors (Lipinski definition) is 2. The third-order valence-electron chi connectivity index (χ3n) is 3.73. The summed E-state index contributed by atoms with van der Waals surface area (Å²) in [5, 5.41) is 9.76.